The van der Waals surface area contributed by atoms with E-state index in [9.17, 15) is 17.2 Å². The number of hydrogen-bond acceptors (Lipinski definition) is 5. The van der Waals surface area contributed by atoms with Gasteiger partial charge in [0.15, 0.2) is 0 Å². The van der Waals surface area contributed by atoms with Crippen LogP contribution in [0.4, 0.5) is 14.5 Å². The summed E-state index contributed by atoms with van der Waals surface area (Å²) in [5.41, 5.74) is 1.94. The number of benzene rings is 1. The Hall–Kier alpha value is -1.54. The lowest BCUT2D eigenvalue weighted by molar-refractivity contribution is 0.234. The quantitative estimate of drug-likeness (QED) is 0.840. The maximum Gasteiger partial charge on any atom is 0.341 e. The highest BCUT2D eigenvalue weighted by Crippen LogP contribution is 2.27. The summed E-state index contributed by atoms with van der Waals surface area (Å²) in [7, 11) is -4.53. The summed E-state index contributed by atoms with van der Waals surface area (Å²) in [5.74, 6) is -3.40. The van der Waals surface area contributed by atoms with E-state index in [2.05, 4.69) is 10.3 Å². The first-order chi connectivity index (χ1) is 11.5. The number of aromatic nitrogens is 1. The third kappa shape index (κ3) is 3.75. The maximum absolute atomic E-state index is 12.5. The Labute approximate surface area is 143 Å². The molecule has 1 heterocycles. The summed E-state index contributed by atoms with van der Waals surface area (Å²) in [6.07, 6.45) is 5.43. The minimum Gasteiger partial charge on any atom is -0.385 e. The lowest BCUT2D eigenvalue weighted by Crippen LogP contribution is -2.11. The molecule has 24 heavy (non-hydrogen) atoms. The van der Waals surface area contributed by atoms with E-state index in [1.165, 1.54) is 47.7 Å². The van der Waals surface area contributed by atoms with Crippen molar-refractivity contribution in [3.8, 4) is 0 Å². The SMILES string of the molecule is O=S(=O)(c1ccc(NCCc2nc3c(s2)CCCC3)cc1)C(F)F. The molecule has 1 aliphatic carbocycles. The molecule has 0 saturated carbocycles. The van der Waals surface area contributed by atoms with Gasteiger partial charge in [-0.1, -0.05) is 0 Å². The number of anilines is 1. The van der Waals surface area contributed by atoms with Gasteiger partial charge in [-0.25, -0.2) is 13.4 Å². The van der Waals surface area contributed by atoms with Crippen molar-refractivity contribution in [2.75, 3.05) is 11.9 Å². The van der Waals surface area contributed by atoms with E-state index < -0.39 is 15.6 Å². The molecule has 0 radical (unpaired) electrons. The van der Waals surface area contributed by atoms with Gasteiger partial charge in [0.1, 0.15) is 0 Å². The largest absolute Gasteiger partial charge is 0.385 e. The Bertz CT molecular complexity index is 778. The van der Waals surface area contributed by atoms with Crippen LogP contribution in [0.25, 0.3) is 0 Å². The summed E-state index contributed by atoms with van der Waals surface area (Å²) >= 11 is 1.77. The van der Waals surface area contributed by atoms with Crippen molar-refractivity contribution in [3.63, 3.8) is 0 Å². The molecule has 0 amide bonds. The van der Waals surface area contributed by atoms with E-state index in [0.717, 1.165) is 24.3 Å². The third-order valence-corrected chi connectivity index (χ3v) is 6.59. The van der Waals surface area contributed by atoms with Gasteiger partial charge in [0, 0.05) is 23.5 Å². The Morgan fingerprint density at radius 2 is 1.88 bits per heavy atom. The Balaban J connectivity index is 1.56. The first kappa shape index (κ1) is 17.3. The summed E-state index contributed by atoms with van der Waals surface area (Å²) in [4.78, 5) is 5.70. The van der Waals surface area contributed by atoms with E-state index in [-0.39, 0.29) is 4.90 Å². The average molecular weight is 372 g/mol. The highest BCUT2D eigenvalue weighted by Gasteiger charge is 2.26. The van der Waals surface area contributed by atoms with Crippen LogP contribution >= 0.6 is 11.3 Å². The average Bonchev–Trinajstić information content (AvgIpc) is 2.98. The molecule has 0 atom stereocenters. The molecule has 0 unspecified atom stereocenters. The van der Waals surface area contributed by atoms with E-state index in [4.69, 9.17) is 0 Å². The van der Waals surface area contributed by atoms with Crippen LogP contribution in [0.2, 0.25) is 0 Å². The summed E-state index contributed by atoms with van der Waals surface area (Å²) < 4.78 is 47.7. The molecule has 0 bridgehead atoms. The summed E-state index contributed by atoms with van der Waals surface area (Å²) in [6, 6.07) is 5.40. The van der Waals surface area contributed by atoms with Crippen molar-refractivity contribution in [1.82, 2.24) is 4.98 Å². The van der Waals surface area contributed by atoms with Crippen LogP contribution in [-0.4, -0.2) is 25.7 Å². The van der Waals surface area contributed by atoms with E-state index in [0.29, 0.717) is 12.2 Å². The Kier molecular flexibility index (Phi) is 5.15. The van der Waals surface area contributed by atoms with E-state index >= 15 is 0 Å². The number of fused-ring (bicyclic) bond motifs is 1. The molecular weight excluding hydrogens is 354 g/mol. The zero-order valence-corrected chi connectivity index (χ0v) is 14.6. The fourth-order valence-electron chi connectivity index (χ4n) is 2.69. The molecule has 0 spiro atoms. The molecule has 0 aliphatic heterocycles. The maximum atomic E-state index is 12.5. The van der Waals surface area contributed by atoms with Gasteiger partial charge < -0.3 is 5.32 Å². The first-order valence-electron chi connectivity index (χ1n) is 7.80. The second-order valence-corrected chi connectivity index (χ2v) is 8.78. The van der Waals surface area contributed by atoms with Crippen molar-refractivity contribution in [1.29, 1.82) is 0 Å². The van der Waals surface area contributed by atoms with Gasteiger partial charge in [-0.15, -0.1) is 11.3 Å². The molecule has 130 valence electrons. The number of thiazole rings is 1. The smallest absolute Gasteiger partial charge is 0.341 e. The number of hydrogen-bond donors (Lipinski definition) is 1. The van der Waals surface area contributed by atoms with E-state index in [1.54, 1.807) is 11.3 Å². The zero-order valence-electron chi connectivity index (χ0n) is 13.0. The van der Waals surface area contributed by atoms with Gasteiger partial charge in [-0.2, -0.15) is 8.78 Å². The number of aryl methyl sites for hydroxylation is 2. The minimum absolute atomic E-state index is 0.365. The summed E-state index contributed by atoms with van der Waals surface area (Å²) in [6.45, 7) is 0.660. The summed E-state index contributed by atoms with van der Waals surface area (Å²) in [5, 5.41) is 4.27. The number of nitrogens with one attached hydrogen (secondary N) is 1. The van der Waals surface area contributed by atoms with Crippen LogP contribution in [0.5, 0.6) is 0 Å². The van der Waals surface area contributed by atoms with Gasteiger partial charge in [-0.05, 0) is 49.9 Å². The lowest BCUT2D eigenvalue weighted by Gasteiger charge is -2.07. The molecule has 1 N–H and O–H groups in total. The van der Waals surface area contributed by atoms with Crippen molar-refractivity contribution < 1.29 is 17.2 Å². The molecule has 1 aliphatic rings. The second-order valence-electron chi connectivity index (χ2n) is 5.69. The topological polar surface area (TPSA) is 59.1 Å². The fourth-order valence-corrected chi connectivity index (χ4v) is 4.57. The van der Waals surface area contributed by atoms with Crippen molar-refractivity contribution in [2.45, 2.75) is 42.8 Å². The predicted molar refractivity (Wildman–Crippen MR) is 90.6 cm³/mol. The monoisotopic (exact) mass is 372 g/mol. The standard InChI is InChI=1S/C16H18F2N2O2S2/c17-16(18)24(21,22)12-7-5-11(6-8-12)19-10-9-15-20-13-3-1-2-4-14(13)23-15/h5-8,16,19H,1-4,9-10H2. The third-order valence-electron chi connectivity index (χ3n) is 3.98. The molecule has 3 rings (SSSR count). The molecule has 4 nitrogen and oxygen atoms in total. The number of nitrogens with zero attached hydrogens (tertiary/aromatic N) is 1. The van der Waals surface area contributed by atoms with Crippen LogP contribution < -0.4 is 5.32 Å². The van der Waals surface area contributed by atoms with Gasteiger partial charge in [0.25, 0.3) is 0 Å². The number of rotatable bonds is 6. The van der Waals surface area contributed by atoms with Gasteiger partial charge in [0.2, 0.25) is 9.84 Å². The van der Waals surface area contributed by atoms with Crippen LogP contribution in [0.3, 0.4) is 0 Å². The highest BCUT2D eigenvalue weighted by molar-refractivity contribution is 7.91. The molecule has 1 aromatic carbocycles. The molecule has 0 fully saturated rings. The van der Waals surface area contributed by atoms with Crippen molar-refractivity contribution in [2.24, 2.45) is 0 Å². The van der Waals surface area contributed by atoms with Crippen molar-refractivity contribution >= 4 is 26.9 Å². The first-order valence-corrected chi connectivity index (χ1v) is 10.2. The van der Waals surface area contributed by atoms with Crippen LogP contribution in [0, 0.1) is 0 Å². The zero-order chi connectivity index (χ0) is 17.2. The predicted octanol–water partition coefficient (Wildman–Crippen LogP) is 3.67. The molecule has 2 aromatic rings. The lowest BCUT2D eigenvalue weighted by atomic mass is 10.0. The van der Waals surface area contributed by atoms with Gasteiger partial charge >= 0.3 is 5.76 Å². The van der Waals surface area contributed by atoms with Crippen molar-refractivity contribution in [3.05, 3.63) is 39.8 Å². The van der Waals surface area contributed by atoms with Gasteiger partial charge in [-0.3, -0.25) is 0 Å². The van der Waals surface area contributed by atoms with Gasteiger partial charge in [0.05, 0.1) is 15.6 Å². The Morgan fingerprint density at radius 3 is 2.54 bits per heavy atom. The molecule has 0 saturated heterocycles. The molecule has 1 aromatic heterocycles. The Morgan fingerprint density at radius 1 is 1.17 bits per heavy atom. The number of halogens is 2. The number of sulfone groups is 1. The molecule has 8 heteroatoms. The van der Waals surface area contributed by atoms with E-state index in [1.807, 2.05) is 0 Å². The normalized spacial score (nSPS) is 14.6. The fraction of sp³-hybridized carbons (Fsp3) is 0.438. The number of alkyl halides is 2. The second kappa shape index (κ2) is 7.14. The van der Waals surface area contributed by atoms with Crippen LogP contribution in [0.15, 0.2) is 29.2 Å². The minimum atomic E-state index is -4.53. The highest BCUT2D eigenvalue weighted by atomic mass is 32.2. The van der Waals surface area contributed by atoms with Crippen LogP contribution in [-0.2, 0) is 29.1 Å². The molecular formula is C16H18F2N2O2S2. The van der Waals surface area contributed by atoms with Crippen LogP contribution in [0.1, 0.15) is 28.4 Å².